The van der Waals surface area contributed by atoms with E-state index in [0.29, 0.717) is 11.1 Å². The average Bonchev–Trinajstić information content (AvgIpc) is 2.43. The van der Waals surface area contributed by atoms with Gasteiger partial charge in [-0.2, -0.15) is 0 Å². The second kappa shape index (κ2) is 6.02. The minimum absolute atomic E-state index is 0.132. The van der Waals surface area contributed by atoms with Crippen LogP contribution in [0.4, 0.5) is 0 Å². The first-order chi connectivity index (χ1) is 9.58. The topological polar surface area (TPSA) is 88.2 Å². The number of hydrogen-bond donors (Lipinski definition) is 4. The van der Waals surface area contributed by atoms with Crippen LogP contribution >= 0.6 is 0 Å². The third kappa shape index (κ3) is 3.23. The number of nitrogens with one attached hydrogen (secondary N) is 2. The van der Waals surface area contributed by atoms with Crippen molar-refractivity contribution in [3.8, 4) is 11.5 Å². The van der Waals surface area contributed by atoms with Gasteiger partial charge in [0.05, 0.1) is 11.4 Å². The van der Waals surface area contributed by atoms with E-state index in [2.05, 4.69) is 0 Å². The van der Waals surface area contributed by atoms with Gasteiger partial charge in [-0.05, 0) is 23.3 Å². The van der Waals surface area contributed by atoms with Crippen molar-refractivity contribution in [1.82, 2.24) is 0 Å². The van der Waals surface area contributed by atoms with Gasteiger partial charge in [-0.15, -0.1) is 0 Å². The number of phenolic OH excluding ortho intramolecular Hbond substituents is 2. The van der Waals surface area contributed by atoms with Crippen LogP contribution < -0.4 is 0 Å². The summed E-state index contributed by atoms with van der Waals surface area (Å²) in [5.41, 5.74) is 1.52. The highest BCUT2D eigenvalue weighted by molar-refractivity contribution is 6.40. The summed E-state index contributed by atoms with van der Waals surface area (Å²) in [4.78, 5) is 0. The highest BCUT2D eigenvalue weighted by Crippen LogP contribution is 2.19. The lowest BCUT2D eigenvalue weighted by atomic mass is 9.99. The van der Waals surface area contributed by atoms with Crippen molar-refractivity contribution in [3.63, 3.8) is 0 Å². The Morgan fingerprint density at radius 1 is 0.700 bits per heavy atom. The van der Waals surface area contributed by atoms with E-state index >= 15 is 0 Å². The minimum atomic E-state index is 0.132. The Morgan fingerprint density at radius 2 is 1.05 bits per heavy atom. The molecule has 0 amide bonds. The Labute approximate surface area is 117 Å². The third-order valence-corrected chi connectivity index (χ3v) is 3.08. The van der Waals surface area contributed by atoms with E-state index in [1.54, 1.807) is 48.5 Å². The van der Waals surface area contributed by atoms with Crippen LogP contribution in [0.15, 0.2) is 48.5 Å². The predicted octanol–water partition coefficient (Wildman–Crippen LogP) is 2.92. The molecule has 4 N–H and O–H groups in total. The molecule has 0 spiro atoms. The molecule has 0 aliphatic heterocycles. The molecule has 0 radical (unpaired) electrons. The predicted molar refractivity (Wildman–Crippen MR) is 79.1 cm³/mol. The molecule has 0 atom stereocenters. The van der Waals surface area contributed by atoms with E-state index < -0.39 is 0 Å². The van der Waals surface area contributed by atoms with Gasteiger partial charge < -0.3 is 21.0 Å². The third-order valence-electron chi connectivity index (χ3n) is 3.08. The molecule has 0 aliphatic rings. The van der Waals surface area contributed by atoms with Crippen molar-refractivity contribution in [2.24, 2.45) is 0 Å². The summed E-state index contributed by atoms with van der Waals surface area (Å²) < 4.78 is 0. The second-order valence-electron chi connectivity index (χ2n) is 4.57. The number of para-hydroxylation sites is 2. The Bertz CT molecular complexity index is 593. The van der Waals surface area contributed by atoms with Gasteiger partial charge in [0.1, 0.15) is 11.5 Å². The van der Waals surface area contributed by atoms with Gasteiger partial charge in [-0.1, -0.05) is 36.4 Å². The monoisotopic (exact) mass is 268 g/mol. The number of rotatable bonds is 5. The lowest BCUT2D eigenvalue weighted by Crippen LogP contribution is -2.17. The molecule has 0 fully saturated rings. The van der Waals surface area contributed by atoms with Crippen molar-refractivity contribution < 1.29 is 10.2 Å². The van der Waals surface area contributed by atoms with E-state index in [-0.39, 0.29) is 35.8 Å². The van der Waals surface area contributed by atoms with Crippen molar-refractivity contribution in [2.75, 3.05) is 0 Å². The molecule has 0 unspecified atom stereocenters. The van der Waals surface area contributed by atoms with Crippen molar-refractivity contribution in [3.05, 3.63) is 59.7 Å². The van der Waals surface area contributed by atoms with Crippen LogP contribution in [0.2, 0.25) is 0 Å². The van der Waals surface area contributed by atoms with Gasteiger partial charge in [-0.25, -0.2) is 0 Å². The Hall–Kier alpha value is -2.62. The molecule has 0 saturated heterocycles. The molecule has 20 heavy (non-hydrogen) atoms. The minimum Gasteiger partial charge on any atom is -0.508 e. The molecule has 2 rings (SSSR count). The lowest BCUT2D eigenvalue weighted by Gasteiger charge is -2.09. The van der Waals surface area contributed by atoms with E-state index in [1.807, 2.05) is 0 Å². The summed E-state index contributed by atoms with van der Waals surface area (Å²) >= 11 is 0. The van der Waals surface area contributed by atoms with Crippen molar-refractivity contribution in [2.45, 2.75) is 12.8 Å². The number of hydrogen-bond acceptors (Lipinski definition) is 4. The standard InChI is InChI=1S/C16H16N2O2/c17-13(9-11-5-1-3-7-15(11)19)14(18)10-12-6-2-4-8-16(12)20/h1-8,17-20H,9-10H2. The Balaban J connectivity index is 2.05. The van der Waals surface area contributed by atoms with Crippen LogP contribution in [0.5, 0.6) is 11.5 Å². The largest absolute Gasteiger partial charge is 0.508 e. The zero-order valence-electron chi connectivity index (χ0n) is 10.9. The molecular formula is C16H16N2O2. The van der Waals surface area contributed by atoms with E-state index in [1.165, 1.54) is 0 Å². The van der Waals surface area contributed by atoms with E-state index in [4.69, 9.17) is 10.8 Å². The average molecular weight is 268 g/mol. The maximum Gasteiger partial charge on any atom is 0.119 e. The fraction of sp³-hybridized carbons (Fsp3) is 0.125. The molecule has 0 saturated carbocycles. The first-order valence-electron chi connectivity index (χ1n) is 6.27. The summed E-state index contributed by atoms with van der Waals surface area (Å²) in [5.74, 6) is 0.264. The highest BCUT2D eigenvalue weighted by atomic mass is 16.3. The van der Waals surface area contributed by atoms with Crippen LogP contribution in [0.25, 0.3) is 0 Å². The van der Waals surface area contributed by atoms with Gasteiger partial charge in [-0.3, -0.25) is 0 Å². The molecule has 0 heterocycles. The fourth-order valence-corrected chi connectivity index (χ4v) is 1.91. The van der Waals surface area contributed by atoms with Crippen LogP contribution in [0.3, 0.4) is 0 Å². The highest BCUT2D eigenvalue weighted by Gasteiger charge is 2.11. The van der Waals surface area contributed by atoms with Crippen LogP contribution in [-0.2, 0) is 12.8 Å². The van der Waals surface area contributed by atoms with Gasteiger partial charge in [0, 0.05) is 12.8 Å². The summed E-state index contributed by atoms with van der Waals surface area (Å²) in [6.07, 6.45) is 0.415. The molecule has 0 aliphatic carbocycles. The molecule has 2 aromatic carbocycles. The summed E-state index contributed by atoms with van der Waals surface area (Å²) in [6, 6.07) is 13.6. The smallest absolute Gasteiger partial charge is 0.119 e. The van der Waals surface area contributed by atoms with Crippen LogP contribution in [0.1, 0.15) is 11.1 Å². The molecule has 4 nitrogen and oxygen atoms in total. The maximum absolute atomic E-state index is 9.67. The Morgan fingerprint density at radius 3 is 1.40 bits per heavy atom. The SMILES string of the molecule is N=C(Cc1ccccc1O)C(=N)Cc1ccccc1O. The van der Waals surface area contributed by atoms with E-state index in [9.17, 15) is 10.2 Å². The summed E-state index contributed by atoms with van der Waals surface area (Å²) in [6.45, 7) is 0. The van der Waals surface area contributed by atoms with Crippen molar-refractivity contribution >= 4 is 11.4 Å². The summed E-state index contributed by atoms with van der Waals surface area (Å²) in [7, 11) is 0. The molecule has 0 aromatic heterocycles. The first-order valence-corrected chi connectivity index (χ1v) is 6.27. The molecule has 2 aromatic rings. The van der Waals surface area contributed by atoms with Crippen molar-refractivity contribution in [1.29, 1.82) is 10.8 Å². The van der Waals surface area contributed by atoms with Crippen LogP contribution in [-0.4, -0.2) is 21.6 Å². The fourth-order valence-electron chi connectivity index (χ4n) is 1.91. The number of phenols is 2. The molecule has 4 heteroatoms. The lowest BCUT2D eigenvalue weighted by molar-refractivity contribution is 0.469. The summed E-state index contributed by atoms with van der Waals surface area (Å²) in [5, 5.41) is 35.2. The number of benzene rings is 2. The van der Waals surface area contributed by atoms with Gasteiger partial charge in [0.25, 0.3) is 0 Å². The first kappa shape index (κ1) is 13.8. The normalized spacial score (nSPS) is 10.2. The molecule has 0 bridgehead atoms. The zero-order chi connectivity index (χ0) is 14.5. The number of aromatic hydroxyl groups is 2. The van der Waals surface area contributed by atoms with E-state index in [0.717, 1.165) is 0 Å². The Kier molecular flexibility index (Phi) is 4.15. The zero-order valence-corrected chi connectivity index (χ0v) is 10.9. The van der Waals surface area contributed by atoms with Crippen LogP contribution in [0, 0.1) is 10.8 Å². The maximum atomic E-state index is 9.67. The van der Waals surface area contributed by atoms with Gasteiger partial charge in [0.2, 0.25) is 0 Å². The van der Waals surface area contributed by atoms with Gasteiger partial charge >= 0.3 is 0 Å². The molecular weight excluding hydrogens is 252 g/mol. The molecule has 102 valence electrons. The second-order valence-corrected chi connectivity index (χ2v) is 4.57. The van der Waals surface area contributed by atoms with Gasteiger partial charge in [0.15, 0.2) is 0 Å². The quantitative estimate of drug-likeness (QED) is 0.628.